The van der Waals surface area contributed by atoms with E-state index in [1.807, 2.05) is 0 Å². The highest BCUT2D eigenvalue weighted by atomic mass is 32.1. The second-order valence-corrected chi connectivity index (χ2v) is 6.40. The molecule has 0 fully saturated rings. The highest BCUT2D eigenvalue weighted by Gasteiger charge is 2.27. The maximum Gasteiger partial charge on any atom is 0.334 e. The Labute approximate surface area is 69.6 Å². The molecule has 0 N–H and O–H groups in total. The van der Waals surface area contributed by atoms with E-state index in [9.17, 15) is 0 Å². The van der Waals surface area contributed by atoms with Crippen LogP contribution in [0.4, 0.5) is 0 Å². The molecule has 0 rings (SSSR count). The average Bonchev–Trinajstić information content (AvgIpc) is 2.00. The van der Waals surface area contributed by atoms with E-state index >= 15 is 0 Å². The van der Waals surface area contributed by atoms with Gasteiger partial charge in [0, 0.05) is 14.2 Å². The van der Waals surface area contributed by atoms with Gasteiger partial charge in [-0.05, 0) is 24.8 Å². The molecule has 0 bridgehead atoms. The Bertz CT molecular complexity index is 85.8. The van der Waals surface area contributed by atoms with Crippen molar-refractivity contribution in [3.8, 4) is 0 Å². The summed E-state index contributed by atoms with van der Waals surface area (Å²) in [6.45, 7) is 2.07. The van der Waals surface area contributed by atoms with E-state index in [2.05, 4.69) is 19.2 Å². The Morgan fingerprint density at radius 2 is 1.80 bits per heavy atom. The topological polar surface area (TPSA) is 18.5 Å². The normalized spacial score (nSPS) is 12.0. The third-order valence-corrected chi connectivity index (χ3v) is 4.96. The van der Waals surface area contributed by atoms with Crippen molar-refractivity contribution in [2.24, 2.45) is 0 Å². The van der Waals surface area contributed by atoms with Gasteiger partial charge in [0.05, 0.1) is 0 Å². The standard InChI is InChI=1S/C6H16O2SSi/c1-7-10(3,8-2)6-4-5-9/h9H,4-6H2,1-3H3. The van der Waals surface area contributed by atoms with E-state index in [0.29, 0.717) is 0 Å². The van der Waals surface area contributed by atoms with E-state index in [1.54, 1.807) is 14.2 Å². The van der Waals surface area contributed by atoms with Crippen LogP contribution >= 0.6 is 12.6 Å². The zero-order valence-electron chi connectivity index (χ0n) is 6.89. The molecule has 4 heteroatoms. The molecular weight excluding hydrogens is 164 g/mol. The predicted molar refractivity (Wildman–Crippen MR) is 48.9 cm³/mol. The van der Waals surface area contributed by atoms with Crippen LogP contribution in [0.3, 0.4) is 0 Å². The predicted octanol–water partition coefficient (Wildman–Crippen LogP) is 1.67. The summed E-state index contributed by atoms with van der Waals surface area (Å²) in [7, 11) is 1.67. The van der Waals surface area contributed by atoms with Gasteiger partial charge in [0.1, 0.15) is 0 Å². The number of hydrogen-bond acceptors (Lipinski definition) is 3. The number of thiol groups is 1. The molecular formula is C6H16O2SSi. The minimum atomic E-state index is -1.77. The zero-order valence-corrected chi connectivity index (χ0v) is 8.78. The summed E-state index contributed by atoms with van der Waals surface area (Å²) in [6, 6.07) is 1.03. The lowest BCUT2D eigenvalue weighted by Gasteiger charge is -2.21. The SMILES string of the molecule is CO[Si](C)(CCCS)OC. The summed E-state index contributed by atoms with van der Waals surface area (Å²) in [6.07, 6.45) is 1.08. The Hall–Kier alpha value is 0.487. The number of hydrogen-bond donors (Lipinski definition) is 1. The van der Waals surface area contributed by atoms with Crippen LogP contribution in [0, 0.1) is 0 Å². The van der Waals surface area contributed by atoms with Crippen molar-refractivity contribution < 1.29 is 8.85 Å². The van der Waals surface area contributed by atoms with Gasteiger partial charge in [0.25, 0.3) is 0 Å². The van der Waals surface area contributed by atoms with Crippen LogP contribution in [0.5, 0.6) is 0 Å². The zero-order chi connectivity index (χ0) is 8.04. The minimum absolute atomic E-state index is 0.912. The third-order valence-electron chi connectivity index (χ3n) is 1.65. The van der Waals surface area contributed by atoms with Crippen LogP contribution < -0.4 is 0 Å². The fourth-order valence-corrected chi connectivity index (χ4v) is 2.54. The summed E-state index contributed by atoms with van der Waals surface area (Å²) >= 11 is 4.12. The van der Waals surface area contributed by atoms with Crippen LogP contribution in [0.15, 0.2) is 0 Å². The van der Waals surface area contributed by atoms with Gasteiger partial charge in [-0.2, -0.15) is 12.6 Å². The Morgan fingerprint density at radius 1 is 1.30 bits per heavy atom. The maximum atomic E-state index is 5.27. The van der Waals surface area contributed by atoms with Crippen LogP contribution in [0.25, 0.3) is 0 Å². The molecule has 0 aliphatic carbocycles. The molecule has 0 aliphatic rings. The fraction of sp³-hybridized carbons (Fsp3) is 1.00. The van der Waals surface area contributed by atoms with E-state index in [0.717, 1.165) is 18.2 Å². The molecule has 0 heterocycles. The summed E-state index contributed by atoms with van der Waals surface area (Å²) in [4.78, 5) is 0. The monoisotopic (exact) mass is 180 g/mol. The van der Waals surface area contributed by atoms with Crippen LogP contribution in [-0.2, 0) is 8.85 Å². The second kappa shape index (κ2) is 5.18. The second-order valence-electron chi connectivity index (χ2n) is 2.37. The lowest BCUT2D eigenvalue weighted by molar-refractivity contribution is 0.249. The lowest BCUT2D eigenvalue weighted by atomic mass is 10.6. The van der Waals surface area contributed by atoms with E-state index in [-0.39, 0.29) is 0 Å². The van der Waals surface area contributed by atoms with Crippen molar-refractivity contribution in [2.45, 2.75) is 19.0 Å². The van der Waals surface area contributed by atoms with Crippen molar-refractivity contribution in [2.75, 3.05) is 20.0 Å². The average molecular weight is 180 g/mol. The smallest absolute Gasteiger partial charge is 0.334 e. The molecule has 0 radical (unpaired) electrons. The molecule has 0 aliphatic heterocycles. The molecule has 0 atom stereocenters. The van der Waals surface area contributed by atoms with Gasteiger partial charge in [0.15, 0.2) is 0 Å². The number of rotatable bonds is 5. The molecule has 0 unspecified atom stereocenters. The van der Waals surface area contributed by atoms with Crippen molar-refractivity contribution in [1.29, 1.82) is 0 Å². The highest BCUT2D eigenvalue weighted by Crippen LogP contribution is 2.13. The molecule has 2 nitrogen and oxygen atoms in total. The summed E-state index contributed by atoms with van der Waals surface area (Å²) in [5.41, 5.74) is 0. The molecule has 0 spiro atoms. The summed E-state index contributed by atoms with van der Waals surface area (Å²) in [5, 5.41) is 0. The van der Waals surface area contributed by atoms with E-state index in [1.165, 1.54) is 0 Å². The van der Waals surface area contributed by atoms with Gasteiger partial charge in [-0.1, -0.05) is 0 Å². The van der Waals surface area contributed by atoms with Crippen LogP contribution in [0.2, 0.25) is 12.6 Å². The van der Waals surface area contributed by atoms with Gasteiger partial charge >= 0.3 is 8.56 Å². The molecule has 10 heavy (non-hydrogen) atoms. The lowest BCUT2D eigenvalue weighted by Crippen LogP contribution is -2.35. The fourth-order valence-electron chi connectivity index (χ4n) is 0.688. The third kappa shape index (κ3) is 3.61. The molecule has 0 aromatic rings. The first-order valence-corrected chi connectivity index (χ1v) is 6.55. The first-order chi connectivity index (χ1) is 4.68. The Morgan fingerprint density at radius 3 is 2.10 bits per heavy atom. The van der Waals surface area contributed by atoms with Crippen LogP contribution in [-0.4, -0.2) is 28.5 Å². The van der Waals surface area contributed by atoms with Gasteiger partial charge in [-0.3, -0.25) is 0 Å². The largest absolute Gasteiger partial charge is 0.398 e. The van der Waals surface area contributed by atoms with Gasteiger partial charge in [0.2, 0.25) is 0 Å². The van der Waals surface area contributed by atoms with Gasteiger partial charge in [-0.25, -0.2) is 0 Å². The first-order valence-electron chi connectivity index (χ1n) is 3.39. The van der Waals surface area contributed by atoms with Crippen LogP contribution in [0.1, 0.15) is 6.42 Å². The quantitative estimate of drug-likeness (QED) is 0.512. The summed E-state index contributed by atoms with van der Waals surface area (Å²) < 4.78 is 10.5. The van der Waals surface area contributed by atoms with Crippen molar-refractivity contribution in [3.63, 3.8) is 0 Å². The minimum Gasteiger partial charge on any atom is -0.398 e. The Balaban J connectivity index is 3.58. The van der Waals surface area contributed by atoms with Crippen molar-refractivity contribution in [1.82, 2.24) is 0 Å². The van der Waals surface area contributed by atoms with E-state index in [4.69, 9.17) is 8.85 Å². The molecule has 0 saturated heterocycles. The molecule has 0 saturated carbocycles. The molecule has 0 aromatic carbocycles. The van der Waals surface area contributed by atoms with Crippen molar-refractivity contribution >= 4 is 21.2 Å². The van der Waals surface area contributed by atoms with Crippen molar-refractivity contribution in [3.05, 3.63) is 0 Å². The Kier molecular flexibility index (Phi) is 5.43. The molecule has 62 valence electrons. The molecule has 0 amide bonds. The van der Waals surface area contributed by atoms with Gasteiger partial charge < -0.3 is 8.85 Å². The highest BCUT2D eigenvalue weighted by molar-refractivity contribution is 7.80. The first kappa shape index (κ1) is 10.5. The maximum absolute atomic E-state index is 5.27. The van der Waals surface area contributed by atoms with Gasteiger partial charge in [-0.15, -0.1) is 0 Å². The summed E-state index contributed by atoms with van der Waals surface area (Å²) in [5.74, 6) is 0.912. The molecule has 0 aromatic heterocycles. The van der Waals surface area contributed by atoms with E-state index < -0.39 is 8.56 Å².